The van der Waals surface area contributed by atoms with Crippen molar-refractivity contribution in [3.8, 4) is 17.3 Å². The number of nitrogens with one attached hydrogen (secondary N) is 3. The number of aryl methyl sites for hydroxylation is 1. The molecule has 1 aliphatic rings. The van der Waals surface area contributed by atoms with E-state index in [9.17, 15) is 4.79 Å². The topological polar surface area (TPSA) is 106 Å². The minimum atomic E-state index is -0.295. The zero-order valence-electron chi connectivity index (χ0n) is 16.9. The van der Waals surface area contributed by atoms with Gasteiger partial charge in [0.25, 0.3) is 0 Å². The predicted molar refractivity (Wildman–Crippen MR) is 118 cm³/mol. The number of rotatable bonds is 4. The van der Waals surface area contributed by atoms with Gasteiger partial charge in [0, 0.05) is 23.2 Å². The van der Waals surface area contributed by atoms with Crippen LogP contribution in [0.2, 0.25) is 0 Å². The summed E-state index contributed by atoms with van der Waals surface area (Å²) in [6, 6.07) is 19.1. The number of nitriles is 1. The third kappa shape index (κ3) is 3.60. The lowest BCUT2D eigenvalue weighted by Crippen LogP contribution is -2.38. The molecule has 0 spiro atoms. The van der Waals surface area contributed by atoms with Gasteiger partial charge in [-0.2, -0.15) is 10.4 Å². The Morgan fingerprint density at radius 2 is 1.97 bits per heavy atom. The largest absolute Gasteiger partial charge is 0.328 e. The van der Waals surface area contributed by atoms with Crippen LogP contribution < -0.4 is 10.6 Å². The van der Waals surface area contributed by atoms with E-state index in [0.29, 0.717) is 11.4 Å². The summed E-state index contributed by atoms with van der Waals surface area (Å²) >= 11 is 0. The summed E-state index contributed by atoms with van der Waals surface area (Å²) in [5, 5.41) is 23.1. The van der Waals surface area contributed by atoms with Gasteiger partial charge in [-0.3, -0.25) is 10.4 Å². The third-order valence-corrected chi connectivity index (χ3v) is 5.65. The molecule has 0 atom stereocenters. The average Bonchev–Trinajstić information content (AvgIpc) is 3.44. The Morgan fingerprint density at radius 1 is 1.16 bits per heavy atom. The van der Waals surface area contributed by atoms with Gasteiger partial charge in [-0.1, -0.05) is 42.0 Å². The number of aromatic amines is 1. The Kier molecular flexibility index (Phi) is 4.41. The van der Waals surface area contributed by atoms with E-state index >= 15 is 0 Å². The number of benzene rings is 2. The number of hydrogen-bond acceptors (Lipinski definition) is 4. The van der Waals surface area contributed by atoms with Gasteiger partial charge in [0.2, 0.25) is 0 Å². The minimum Gasteiger partial charge on any atom is -0.328 e. The fourth-order valence-corrected chi connectivity index (χ4v) is 3.82. The first-order valence-corrected chi connectivity index (χ1v) is 10.1. The van der Waals surface area contributed by atoms with Gasteiger partial charge in [0.05, 0.1) is 22.7 Å². The summed E-state index contributed by atoms with van der Waals surface area (Å²) in [7, 11) is 0. The van der Waals surface area contributed by atoms with Crippen LogP contribution in [0.4, 0.5) is 10.6 Å². The summed E-state index contributed by atoms with van der Waals surface area (Å²) in [5.41, 5.74) is 5.01. The molecule has 2 aromatic carbocycles. The first-order chi connectivity index (χ1) is 15.1. The minimum absolute atomic E-state index is 0.280. The molecule has 2 amide bonds. The second-order valence-electron chi connectivity index (χ2n) is 7.91. The second kappa shape index (κ2) is 7.26. The number of carbonyl (C=O) groups is 1. The van der Waals surface area contributed by atoms with Gasteiger partial charge in [-0.15, -0.1) is 0 Å². The van der Waals surface area contributed by atoms with Gasteiger partial charge in [0.1, 0.15) is 11.5 Å². The third-order valence-electron chi connectivity index (χ3n) is 5.65. The zero-order chi connectivity index (χ0) is 21.4. The lowest BCUT2D eigenvalue weighted by molar-refractivity contribution is 0.247. The van der Waals surface area contributed by atoms with Crippen molar-refractivity contribution < 1.29 is 4.79 Å². The zero-order valence-corrected chi connectivity index (χ0v) is 16.9. The van der Waals surface area contributed by atoms with Gasteiger partial charge in [-0.25, -0.2) is 9.78 Å². The summed E-state index contributed by atoms with van der Waals surface area (Å²) in [6.45, 7) is 2.05. The number of aromatic nitrogens is 3. The van der Waals surface area contributed by atoms with E-state index in [1.807, 2.05) is 18.2 Å². The quantitative estimate of drug-likeness (QED) is 0.458. The summed E-state index contributed by atoms with van der Waals surface area (Å²) in [6.07, 6.45) is 3.53. The lowest BCUT2D eigenvalue weighted by Gasteiger charge is -2.18. The maximum Gasteiger partial charge on any atom is 0.321 e. The molecule has 31 heavy (non-hydrogen) atoms. The van der Waals surface area contributed by atoms with E-state index in [1.165, 1.54) is 5.56 Å². The van der Waals surface area contributed by atoms with Crippen LogP contribution in [-0.4, -0.2) is 21.2 Å². The molecule has 1 fully saturated rings. The van der Waals surface area contributed by atoms with Crippen molar-refractivity contribution in [1.82, 2.24) is 20.5 Å². The molecule has 0 bridgehead atoms. The molecule has 0 saturated heterocycles. The number of pyridine rings is 1. The fourth-order valence-electron chi connectivity index (χ4n) is 3.82. The predicted octanol–water partition coefficient (Wildman–Crippen LogP) is 4.62. The summed E-state index contributed by atoms with van der Waals surface area (Å²) in [4.78, 5) is 17.0. The van der Waals surface area contributed by atoms with Crippen LogP contribution in [0.25, 0.3) is 22.2 Å². The second-order valence-corrected chi connectivity index (χ2v) is 7.91. The van der Waals surface area contributed by atoms with Crippen molar-refractivity contribution in [3.63, 3.8) is 0 Å². The highest BCUT2D eigenvalue weighted by Crippen LogP contribution is 2.45. The molecular weight excluding hydrogens is 388 g/mol. The van der Waals surface area contributed by atoms with Crippen molar-refractivity contribution >= 4 is 22.8 Å². The van der Waals surface area contributed by atoms with Crippen molar-refractivity contribution in [2.24, 2.45) is 0 Å². The van der Waals surface area contributed by atoms with Gasteiger partial charge in [-0.05, 0) is 37.5 Å². The number of fused-ring (bicyclic) bond motifs is 1. The van der Waals surface area contributed by atoms with Crippen LogP contribution in [0.5, 0.6) is 0 Å². The summed E-state index contributed by atoms with van der Waals surface area (Å²) < 4.78 is 0. The van der Waals surface area contributed by atoms with Crippen LogP contribution >= 0.6 is 0 Å². The Labute approximate surface area is 179 Å². The monoisotopic (exact) mass is 408 g/mol. The van der Waals surface area contributed by atoms with Crippen molar-refractivity contribution in [2.75, 3.05) is 5.32 Å². The first kappa shape index (κ1) is 18.8. The number of nitrogens with zero attached hydrogens (tertiary/aromatic N) is 3. The molecule has 3 N–H and O–H groups in total. The Balaban J connectivity index is 1.33. The normalized spacial score (nSPS) is 14.1. The molecule has 2 aromatic heterocycles. The van der Waals surface area contributed by atoms with E-state index in [1.54, 1.807) is 24.4 Å². The number of urea groups is 1. The molecule has 4 aromatic rings. The van der Waals surface area contributed by atoms with Gasteiger partial charge < -0.3 is 5.32 Å². The molecule has 0 radical (unpaired) electrons. The Hall–Kier alpha value is -4.18. The molecule has 0 unspecified atom stereocenters. The molecule has 0 aliphatic heterocycles. The van der Waals surface area contributed by atoms with Crippen LogP contribution in [0.3, 0.4) is 0 Å². The van der Waals surface area contributed by atoms with Crippen LogP contribution in [0.15, 0.2) is 60.8 Å². The average molecular weight is 408 g/mol. The molecule has 2 heterocycles. The molecule has 5 rings (SSSR count). The number of H-pyrrole nitrogens is 1. The maximum absolute atomic E-state index is 12.6. The first-order valence-electron chi connectivity index (χ1n) is 10.1. The lowest BCUT2D eigenvalue weighted by atomic mass is 10.0. The van der Waals surface area contributed by atoms with E-state index < -0.39 is 0 Å². The smallest absolute Gasteiger partial charge is 0.321 e. The van der Waals surface area contributed by atoms with Crippen LogP contribution in [0, 0.1) is 18.3 Å². The standard InChI is InChI=1S/C24H20N6O/c1-15-3-2-4-18(11-15)24(9-10-24)28-23(31)27-21-12-20-19(14-26-21)22(30-29-20)17-7-5-16(13-25)6-8-17/h2-8,11-12,14H,9-10H2,1H3,(H,29,30)(H2,26,27,28,31). The van der Waals surface area contributed by atoms with Crippen molar-refractivity contribution in [2.45, 2.75) is 25.3 Å². The molecule has 152 valence electrons. The van der Waals surface area contributed by atoms with Crippen LogP contribution in [-0.2, 0) is 5.54 Å². The van der Waals surface area contributed by atoms with Crippen LogP contribution in [0.1, 0.15) is 29.5 Å². The molecule has 1 aliphatic carbocycles. The van der Waals surface area contributed by atoms with E-state index in [2.05, 4.69) is 57.0 Å². The summed E-state index contributed by atoms with van der Waals surface area (Å²) in [5.74, 6) is 0.445. The van der Waals surface area contributed by atoms with E-state index in [0.717, 1.165) is 40.6 Å². The fraction of sp³-hybridized carbons (Fsp3) is 0.167. The number of anilines is 1. The highest BCUT2D eigenvalue weighted by molar-refractivity contribution is 5.96. The van der Waals surface area contributed by atoms with E-state index in [4.69, 9.17) is 5.26 Å². The number of amides is 2. The molecule has 7 heteroatoms. The van der Waals surface area contributed by atoms with Gasteiger partial charge in [0.15, 0.2) is 0 Å². The SMILES string of the molecule is Cc1cccc(C2(NC(=O)Nc3cc4[nH]nc(-c5ccc(C#N)cc5)c4cn3)CC2)c1. The number of carbonyl (C=O) groups excluding carboxylic acids is 1. The Bertz CT molecular complexity index is 1330. The molecule has 1 saturated carbocycles. The van der Waals surface area contributed by atoms with Crippen molar-refractivity contribution in [3.05, 3.63) is 77.5 Å². The molecular formula is C24H20N6O. The highest BCUT2D eigenvalue weighted by atomic mass is 16.2. The highest BCUT2D eigenvalue weighted by Gasteiger charge is 2.45. The molecule has 7 nitrogen and oxygen atoms in total. The Morgan fingerprint density at radius 3 is 2.68 bits per heavy atom. The van der Waals surface area contributed by atoms with E-state index in [-0.39, 0.29) is 11.6 Å². The maximum atomic E-state index is 12.6. The van der Waals surface area contributed by atoms with Gasteiger partial charge >= 0.3 is 6.03 Å². The van der Waals surface area contributed by atoms with Crippen molar-refractivity contribution in [1.29, 1.82) is 5.26 Å². The number of hydrogen-bond donors (Lipinski definition) is 3.